The average Bonchev–Trinajstić information content (AvgIpc) is 3.87. The van der Waals surface area contributed by atoms with E-state index in [9.17, 15) is 43.5 Å². The Bertz CT molecular complexity index is 1900. The third kappa shape index (κ3) is 16.0. The second-order valence-electron chi connectivity index (χ2n) is 15.9. The molecular weight excluding hydrogens is 859 g/mol. The number of aliphatic carboxylic acids is 1. The standard InChI is InChI=1S/C41H61N9O11S2/c1-4-43-38(56)31(11-7-8-13-50(3)14-16-60-17-15-50)47-35(52)12-18-62-63-24-33(37(42)55)48-40(58)34-19-28(61-23-27-21-44-30-10-6-5-9-29(27)30)22-49(34)41(59)26(2)46-39(57)32(45-25-51)20-36(53)54/h5-6,9-10,21,25-26,28,31-34,44H,4,7-8,11-20,22-24H2,1-3H3,(H7-,42,43,45,46,47,48,51,52,53,54,55,56,57,58)/p+1. The van der Waals surface area contributed by atoms with E-state index in [4.69, 9.17) is 15.2 Å². The number of quaternary nitrogens is 1. The molecule has 4 rings (SSSR count). The van der Waals surface area contributed by atoms with Gasteiger partial charge in [0.15, 0.2) is 0 Å². The number of nitrogens with two attached hydrogens (primary N) is 1. The molecule has 0 aliphatic carbocycles. The van der Waals surface area contributed by atoms with Crippen LogP contribution in [0.1, 0.15) is 57.9 Å². The molecule has 1 aromatic carbocycles. The molecular formula is C41H62N9O11S2+. The molecule has 20 nitrogen and oxygen atoms in total. The van der Waals surface area contributed by atoms with E-state index in [1.54, 1.807) is 0 Å². The summed E-state index contributed by atoms with van der Waals surface area (Å²) in [7, 11) is 4.72. The van der Waals surface area contributed by atoms with Gasteiger partial charge in [-0.25, -0.2) is 0 Å². The number of carbonyl (C=O) groups is 8. The molecule has 22 heteroatoms. The largest absolute Gasteiger partial charge is 0.481 e. The molecule has 2 aliphatic rings. The number of rotatable bonds is 27. The molecule has 6 unspecified atom stereocenters. The van der Waals surface area contributed by atoms with E-state index in [0.29, 0.717) is 18.7 Å². The van der Waals surface area contributed by atoms with E-state index >= 15 is 0 Å². The first-order valence-corrected chi connectivity index (χ1v) is 23.6. The number of hydrogen-bond acceptors (Lipinski definition) is 12. The van der Waals surface area contributed by atoms with E-state index in [0.717, 1.165) is 66.6 Å². The second kappa shape index (κ2) is 25.4. The van der Waals surface area contributed by atoms with Crippen molar-refractivity contribution in [2.24, 2.45) is 5.73 Å². The van der Waals surface area contributed by atoms with Crippen LogP contribution in [0.15, 0.2) is 30.5 Å². The van der Waals surface area contributed by atoms with Crippen molar-refractivity contribution in [3.63, 3.8) is 0 Å². The zero-order valence-electron chi connectivity index (χ0n) is 36.1. The van der Waals surface area contributed by atoms with E-state index in [1.165, 1.54) is 33.4 Å². The van der Waals surface area contributed by atoms with Crippen molar-refractivity contribution in [1.29, 1.82) is 0 Å². The lowest BCUT2D eigenvalue weighted by molar-refractivity contribution is -0.917. The highest BCUT2D eigenvalue weighted by molar-refractivity contribution is 8.76. The van der Waals surface area contributed by atoms with Gasteiger partial charge in [0.05, 0.1) is 45.9 Å². The minimum absolute atomic E-state index is 0.0424. The molecule has 3 heterocycles. The monoisotopic (exact) mass is 920 g/mol. The van der Waals surface area contributed by atoms with Gasteiger partial charge in [-0.05, 0) is 39.2 Å². The lowest BCUT2D eigenvalue weighted by atomic mass is 10.1. The van der Waals surface area contributed by atoms with Crippen LogP contribution in [0.4, 0.5) is 0 Å². The first-order chi connectivity index (χ1) is 30.1. The van der Waals surface area contributed by atoms with Crippen LogP contribution in [-0.2, 0) is 54.4 Å². The van der Waals surface area contributed by atoms with Gasteiger partial charge in [0.25, 0.3) is 0 Å². The Morgan fingerprint density at radius 3 is 2.48 bits per heavy atom. The third-order valence-corrected chi connectivity index (χ3v) is 13.5. The van der Waals surface area contributed by atoms with Gasteiger partial charge in [0, 0.05) is 60.1 Å². The summed E-state index contributed by atoms with van der Waals surface area (Å²) >= 11 is 0. The first kappa shape index (κ1) is 50.7. The van der Waals surface area contributed by atoms with Crippen molar-refractivity contribution in [2.45, 2.75) is 95.3 Å². The summed E-state index contributed by atoms with van der Waals surface area (Å²) in [4.78, 5) is 106. The molecule has 9 N–H and O–H groups in total. The van der Waals surface area contributed by atoms with Crippen LogP contribution in [0.25, 0.3) is 10.9 Å². The van der Waals surface area contributed by atoms with Gasteiger partial charge in [-0.15, -0.1) is 0 Å². The quantitative estimate of drug-likeness (QED) is 0.0249. The molecule has 0 bridgehead atoms. The van der Waals surface area contributed by atoms with Crippen LogP contribution in [-0.4, -0.2) is 168 Å². The van der Waals surface area contributed by atoms with Gasteiger partial charge in [-0.2, -0.15) is 0 Å². The number of unbranched alkanes of at least 4 members (excludes halogenated alkanes) is 1. The minimum Gasteiger partial charge on any atom is -0.481 e. The van der Waals surface area contributed by atoms with Crippen molar-refractivity contribution >= 4 is 80.3 Å². The molecule has 2 fully saturated rings. The van der Waals surface area contributed by atoms with Crippen LogP contribution >= 0.6 is 21.6 Å². The van der Waals surface area contributed by atoms with Gasteiger partial charge in [0.1, 0.15) is 43.3 Å². The third-order valence-electron chi connectivity index (χ3n) is 11.1. The smallest absolute Gasteiger partial charge is 0.305 e. The molecule has 348 valence electrons. The number of aromatic nitrogens is 1. The lowest BCUT2D eigenvalue weighted by Gasteiger charge is -2.37. The number of benzene rings is 1. The molecule has 1 aromatic heterocycles. The Morgan fingerprint density at radius 1 is 1.03 bits per heavy atom. The number of amides is 7. The number of carbonyl (C=O) groups excluding carboxylic acids is 7. The molecule has 0 spiro atoms. The second-order valence-corrected chi connectivity index (χ2v) is 18.6. The normalized spacial score (nSPS) is 18.9. The van der Waals surface area contributed by atoms with Gasteiger partial charge in [-0.3, -0.25) is 38.4 Å². The lowest BCUT2D eigenvalue weighted by Crippen LogP contribution is -2.57. The van der Waals surface area contributed by atoms with Crippen molar-refractivity contribution in [3.8, 4) is 0 Å². The van der Waals surface area contributed by atoms with E-state index < -0.39 is 72.3 Å². The number of nitrogens with zero attached hydrogens (tertiary/aromatic N) is 2. The summed E-state index contributed by atoms with van der Waals surface area (Å²) in [5.74, 6) is -4.58. The molecule has 0 saturated carbocycles. The number of H-pyrrole nitrogens is 1. The van der Waals surface area contributed by atoms with Gasteiger partial charge >= 0.3 is 5.97 Å². The number of para-hydroxylation sites is 1. The number of primary amides is 1. The Kier molecular flexibility index (Phi) is 20.5. The Hall–Kier alpha value is -4.90. The predicted octanol–water partition coefficient (Wildman–Crippen LogP) is -0.242. The number of hydrogen-bond donors (Lipinski definition) is 8. The molecule has 63 heavy (non-hydrogen) atoms. The topological polar surface area (TPSA) is 280 Å². The van der Waals surface area contributed by atoms with Gasteiger partial charge in [-0.1, -0.05) is 39.8 Å². The van der Waals surface area contributed by atoms with Crippen LogP contribution < -0.4 is 32.3 Å². The highest BCUT2D eigenvalue weighted by Gasteiger charge is 2.43. The Balaban J connectivity index is 1.32. The number of likely N-dealkylation sites (tertiary alicyclic amines) is 1. The van der Waals surface area contributed by atoms with Crippen molar-refractivity contribution in [2.75, 3.05) is 64.5 Å². The summed E-state index contributed by atoms with van der Waals surface area (Å²) in [5.41, 5.74) is 7.47. The van der Waals surface area contributed by atoms with Gasteiger partial charge < -0.3 is 61.3 Å². The highest BCUT2D eigenvalue weighted by Crippen LogP contribution is 2.27. The number of fused-ring (bicyclic) bond motifs is 1. The van der Waals surface area contributed by atoms with E-state index in [2.05, 4.69) is 38.6 Å². The Labute approximate surface area is 374 Å². The zero-order chi connectivity index (χ0) is 45.9. The molecule has 7 amide bonds. The zero-order valence-corrected chi connectivity index (χ0v) is 37.7. The summed E-state index contributed by atoms with van der Waals surface area (Å²) in [5, 5.41) is 23.0. The maximum Gasteiger partial charge on any atom is 0.305 e. The van der Waals surface area contributed by atoms with Crippen LogP contribution in [0, 0.1) is 0 Å². The van der Waals surface area contributed by atoms with Crippen molar-refractivity contribution in [3.05, 3.63) is 36.0 Å². The van der Waals surface area contributed by atoms with E-state index in [-0.39, 0.29) is 50.0 Å². The first-order valence-electron chi connectivity index (χ1n) is 21.2. The maximum atomic E-state index is 13.9. The van der Waals surface area contributed by atoms with Crippen LogP contribution in [0.2, 0.25) is 0 Å². The molecule has 2 saturated heterocycles. The number of ether oxygens (including phenoxy) is 2. The fraction of sp³-hybridized carbons (Fsp3) is 0.610. The summed E-state index contributed by atoms with van der Waals surface area (Å²) in [6.45, 7) is 8.08. The van der Waals surface area contributed by atoms with Crippen LogP contribution in [0.5, 0.6) is 0 Å². The van der Waals surface area contributed by atoms with E-state index in [1.807, 2.05) is 37.4 Å². The average molecular weight is 921 g/mol. The fourth-order valence-electron chi connectivity index (χ4n) is 7.43. The van der Waals surface area contributed by atoms with Crippen molar-refractivity contribution in [1.82, 2.24) is 36.5 Å². The number of carboxylic acid groups (broad SMARTS) is 1. The summed E-state index contributed by atoms with van der Waals surface area (Å²) in [6, 6.07) is 1.99. The number of likely N-dealkylation sites (N-methyl/N-ethyl adjacent to an activating group) is 2. The predicted molar refractivity (Wildman–Crippen MR) is 237 cm³/mol. The highest BCUT2D eigenvalue weighted by atomic mass is 33.1. The summed E-state index contributed by atoms with van der Waals surface area (Å²) in [6.07, 6.45) is 2.98. The Morgan fingerprint density at radius 2 is 1.78 bits per heavy atom. The number of nitrogens with one attached hydrogen (secondary N) is 6. The van der Waals surface area contributed by atoms with Gasteiger partial charge in [0.2, 0.25) is 41.9 Å². The molecule has 2 aliphatic heterocycles. The summed E-state index contributed by atoms with van der Waals surface area (Å²) < 4.78 is 12.6. The van der Waals surface area contributed by atoms with Crippen molar-refractivity contribution < 1.29 is 57.4 Å². The minimum atomic E-state index is -1.45. The maximum absolute atomic E-state index is 13.9. The molecule has 6 atom stereocenters. The number of morpholine rings is 1. The fourth-order valence-corrected chi connectivity index (χ4v) is 9.60. The number of carboxylic acids is 1. The number of aromatic amines is 1. The molecule has 0 radical (unpaired) electrons. The van der Waals surface area contributed by atoms with Crippen LogP contribution in [0.3, 0.4) is 0 Å². The molecule has 2 aromatic rings. The SMILES string of the molecule is CCNC(=O)C(CCCC[N+]1(C)CCOCC1)NC(=O)CCSSCC(NC(=O)C1CC(OCc2c[nH]c3ccccc23)CN1C(=O)C(C)NC(=O)C(CC(=O)O)NC=O)C(N)=O.